The highest BCUT2D eigenvalue weighted by atomic mass is 14.9. The fourth-order valence-electron chi connectivity index (χ4n) is 1.38. The normalized spacial score (nSPS) is 10.9. The van der Waals surface area contributed by atoms with Crippen molar-refractivity contribution >= 4 is 0 Å². The molecule has 0 amide bonds. The maximum atomic E-state index is 2.29. The molecule has 0 aromatic carbocycles. The molecule has 0 aliphatic heterocycles. The van der Waals surface area contributed by atoms with Crippen molar-refractivity contribution in [1.29, 1.82) is 0 Å². The molecule has 0 spiro atoms. The molecule has 1 rings (SSSR count). The zero-order chi connectivity index (χ0) is 10.1. The molecule has 0 N–H and O–H groups in total. The summed E-state index contributed by atoms with van der Waals surface area (Å²) in [6.45, 7) is 3.23. The third-order valence-electron chi connectivity index (χ3n) is 2.23. The summed E-state index contributed by atoms with van der Waals surface area (Å²) in [7, 11) is 0. The highest BCUT2D eigenvalue weighted by Gasteiger charge is 1.91. The Morgan fingerprint density at radius 2 is 1.79 bits per heavy atom. The Bertz CT molecular complexity index is 251. The molecule has 1 heteroatoms. The van der Waals surface area contributed by atoms with Crippen LogP contribution in [0.4, 0.5) is 0 Å². The van der Waals surface area contributed by atoms with Crippen molar-refractivity contribution in [2.45, 2.75) is 39.2 Å². The first-order chi connectivity index (χ1) is 6.93. The van der Waals surface area contributed by atoms with Crippen molar-refractivity contribution < 1.29 is 4.57 Å². The van der Waals surface area contributed by atoms with E-state index in [2.05, 4.69) is 48.2 Å². The van der Waals surface area contributed by atoms with Crippen molar-refractivity contribution in [2.24, 2.45) is 0 Å². The van der Waals surface area contributed by atoms with Gasteiger partial charge in [0, 0.05) is 12.1 Å². The maximum absolute atomic E-state index is 2.29. The van der Waals surface area contributed by atoms with Gasteiger partial charge in [0.05, 0.1) is 0 Å². The van der Waals surface area contributed by atoms with Gasteiger partial charge in [-0.25, -0.2) is 4.57 Å². The molecule has 0 unspecified atom stereocenters. The van der Waals surface area contributed by atoms with Crippen molar-refractivity contribution in [3.8, 4) is 0 Å². The Labute approximate surface area is 87.1 Å². The summed E-state index contributed by atoms with van der Waals surface area (Å²) in [5.41, 5.74) is 0. The zero-order valence-electron chi connectivity index (χ0n) is 9.02. The van der Waals surface area contributed by atoms with E-state index in [-0.39, 0.29) is 0 Å². The molecule has 1 nitrogen and oxygen atoms in total. The molecule has 1 aromatic heterocycles. The number of allylic oxidation sites excluding steroid dienone is 2. The van der Waals surface area contributed by atoms with Crippen molar-refractivity contribution in [2.75, 3.05) is 0 Å². The summed E-state index contributed by atoms with van der Waals surface area (Å²) in [5.74, 6) is 0. The summed E-state index contributed by atoms with van der Waals surface area (Å²) < 4.78 is 2.18. The number of pyridine rings is 1. The lowest BCUT2D eigenvalue weighted by Gasteiger charge is -1.91. The number of hydrogen-bond acceptors (Lipinski definition) is 0. The first kappa shape index (κ1) is 11.0. The average molecular weight is 190 g/mol. The van der Waals surface area contributed by atoms with Gasteiger partial charge in [-0.15, -0.1) is 0 Å². The van der Waals surface area contributed by atoms with Crippen molar-refractivity contribution in [3.05, 3.63) is 42.7 Å². The molecule has 1 aromatic rings. The Hall–Kier alpha value is -1.11. The molecule has 1 heterocycles. The molecule has 0 radical (unpaired) electrons. The Morgan fingerprint density at radius 3 is 2.50 bits per heavy atom. The van der Waals surface area contributed by atoms with E-state index in [1.807, 2.05) is 6.07 Å². The van der Waals surface area contributed by atoms with Crippen LogP contribution in [0.1, 0.15) is 32.6 Å². The minimum atomic E-state index is 0.993. The third kappa shape index (κ3) is 4.80. The van der Waals surface area contributed by atoms with Gasteiger partial charge in [0.25, 0.3) is 0 Å². The van der Waals surface area contributed by atoms with Crippen LogP contribution >= 0.6 is 0 Å². The summed E-state index contributed by atoms with van der Waals surface area (Å²) in [6.07, 6.45) is 13.9. The zero-order valence-corrected chi connectivity index (χ0v) is 9.02. The van der Waals surface area contributed by atoms with Gasteiger partial charge in [0.15, 0.2) is 18.9 Å². The van der Waals surface area contributed by atoms with Crippen LogP contribution in [0.5, 0.6) is 0 Å². The van der Waals surface area contributed by atoms with E-state index in [0.29, 0.717) is 0 Å². The van der Waals surface area contributed by atoms with Gasteiger partial charge in [-0.05, 0) is 18.9 Å². The molecule has 0 aliphatic carbocycles. The molecule has 14 heavy (non-hydrogen) atoms. The summed E-state index contributed by atoms with van der Waals surface area (Å²) in [5, 5.41) is 0. The van der Waals surface area contributed by atoms with Gasteiger partial charge >= 0.3 is 0 Å². The van der Waals surface area contributed by atoms with Crippen LogP contribution in [-0.2, 0) is 6.54 Å². The molecule has 0 aliphatic rings. The average Bonchev–Trinajstić information content (AvgIpc) is 2.25. The lowest BCUT2D eigenvalue weighted by Crippen LogP contribution is -2.30. The number of hydrogen-bond donors (Lipinski definition) is 0. The van der Waals surface area contributed by atoms with Crippen LogP contribution in [-0.4, -0.2) is 0 Å². The predicted octanol–water partition coefficient (Wildman–Crippen LogP) is 3.11. The second kappa shape index (κ2) is 7.31. The molecular formula is C13H20N+. The van der Waals surface area contributed by atoms with Crippen LogP contribution < -0.4 is 4.57 Å². The summed E-state index contributed by atoms with van der Waals surface area (Å²) in [4.78, 5) is 0. The molecule has 0 fully saturated rings. The third-order valence-corrected chi connectivity index (χ3v) is 2.23. The largest absolute Gasteiger partial charge is 0.201 e. The molecule has 0 saturated heterocycles. The van der Waals surface area contributed by atoms with Gasteiger partial charge in [0.2, 0.25) is 0 Å². The Kier molecular flexibility index (Phi) is 5.73. The fraction of sp³-hybridized carbons (Fsp3) is 0.462. The van der Waals surface area contributed by atoms with Crippen LogP contribution in [0.2, 0.25) is 0 Å². The first-order valence-electron chi connectivity index (χ1n) is 5.52. The lowest BCUT2D eigenvalue weighted by atomic mass is 10.2. The summed E-state index contributed by atoms with van der Waals surface area (Å²) in [6, 6.07) is 6.16. The second-order valence-corrected chi connectivity index (χ2v) is 3.54. The fourth-order valence-corrected chi connectivity index (χ4v) is 1.38. The Balaban J connectivity index is 2.14. The van der Waals surface area contributed by atoms with Gasteiger partial charge in [-0.2, -0.15) is 0 Å². The van der Waals surface area contributed by atoms with Crippen LogP contribution in [0, 0.1) is 0 Å². The van der Waals surface area contributed by atoms with E-state index in [9.17, 15) is 0 Å². The standard InChI is InChI=1S/C13H20N/c1-2-3-4-5-6-8-11-14-12-9-7-10-13-14/h6-10,12-13H,2-5,11H2,1H3/q+1. The summed E-state index contributed by atoms with van der Waals surface area (Å²) >= 11 is 0. The van der Waals surface area contributed by atoms with Crippen LogP contribution in [0.3, 0.4) is 0 Å². The monoisotopic (exact) mass is 190 g/mol. The van der Waals surface area contributed by atoms with E-state index >= 15 is 0 Å². The second-order valence-electron chi connectivity index (χ2n) is 3.54. The van der Waals surface area contributed by atoms with E-state index in [4.69, 9.17) is 0 Å². The van der Waals surface area contributed by atoms with Gasteiger partial charge < -0.3 is 0 Å². The highest BCUT2D eigenvalue weighted by molar-refractivity contribution is 4.84. The van der Waals surface area contributed by atoms with Gasteiger partial charge in [-0.1, -0.05) is 31.9 Å². The highest BCUT2D eigenvalue weighted by Crippen LogP contribution is 1.99. The van der Waals surface area contributed by atoms with E-state index in [1.54, 1.807) is 0 Å². The molecular weight excluding hydrogens is 170 g/mol. The van der Waals surface area contributed by atoms with Crippen LogP contribution in [0.25, 0.3) is 0 Å². The van der Waals surface area contributed by atoms with E-state index in [1.165, 1.54) is 25.7 Å². The van der Waals surface area contributed by atoms with Gasteiger partial charge in [0.1, 0.15) is 0 Å². The molecule has 76 valence electrons. The SMILES string of the molecule is CCCCCC=CC[n+]1ccccc1. The van der Waals surface area contributed by atoms with Crippen molar-refractivity contribution in [3.63, 3.8) is 0 Å². The Morgan fingerprint density at radius 1 is 1.00 bits per heavy atom. The maximum Gasteiger partial charge on any atom is 0.169 e. The molecule has 0 bridgehead atoms. The predicted molar refractivity (Wildman–Crippen MR) is 59.9 cm³/mol. The van der Waals surface area contributed by atoms with E-state index in [0.717, 1.165) is 6.54 Å². The minimum absolute atomic E-state index is 0.993. The smallest absolute Gasteiger partial charge is 0.169 e. The first-order valence-corrected chi connectivity index (χ1v) is 5.52. The molecule has 0 saturated carbocycles. The lowest BCUT2D eigenvalue weighted by molar-refractivity contribution is -0.687. The number of unbranched alkanes of at least 4 members (excludes halogenated alkanes) is 3. The minimum Gasteiger partial charge on any atom is -0.201 e. The topological polar surface area (TPSA) is 3.88 Å². The van der Waals surface area contributed by atoms with E-state index < -0.39 is 0 Å². The number of rotatable bonds is 6. The molecule has 0 atom stereocenters. The van der Waals surface area contributed by atoms with Crippen LogP contribution in [0.15, 0.2) is 42.7 Å². The number of nitrogens with zero attached hydrogens (tertiary/aromatic N) is 1. The van der Waals surface area contributed by atoms with Gasteiger partial charge in [-0.3, -0.25) is 0 Å². The number of aromatic nitrogens is 1. The van der Waals surface area contributed by atoms with Crippen molar-refractivity contribution in [1.82, 2.24) is 0 Å². The quantitative estimate of drug-likeness (QED) is 0.369.